The SMILES string of the molecule is CC(C)(O)CNC(=O)c1nc(C(=O)N2[C@H]3CC[C@H]2CC3)cs1. The molecule has 0 spiro atoms. The van der Waals surface area contributed by atoms with Crippen LogP contribution in [0.3, 0.4) is 0 Å². The highest BCUT2D eigenvalue weighted by Gasteiger charge is 2.43. The Kier molecular flexibility index (Phi) is 3.94. The first-order chi connectivity index (χ1) is 10.3. The molecule has 2 aliphatic rings. The molecule has 2 fully saturated rings. The number of hydrogen-bond acceptors (Lipinski definition) is 5. The molecule has 0 saturated carbocycles. The lowest BCUT2D eigenvalue weighted by Crippen LogP contribution is -2.38. The van der Waals surface area contributed by atoms with E-state index in [1.165, 1.54) is 11.3 Å². The summed E-state index contributed by atoms with van der Waals surface area (Å²) in [5.41, 5.74) is -0.613. The van der Waals surface area contributed by atoms with Crippen LogP contribution in [0.1, 0.15) is 59.8 Å². The van der Waals surface area contributed by atoms with Crippen LogP contribution in [-0.2, 0) is 0 Å². The summed E-state index contributed by atoms with van der Waals surface area (Å²) in [5.74, 6) is -0.404. The number of nitrogens with zero attached hydrogens (tertiary/aromatic N) is 2. The Bertz CT molecular complexity index is 573. The van der Waals surface area contributed by atoms with Crippen molar-refractivity contribution in [3.05, 3.63) is 16.1 Å². The molecule has 3 rings (SSSR count). The maximum Gasteiger partial charge on any atom is 0.280 e. The van der Waals surface area contributed by atoms with E-state index in [4.69, 9.17) is 0 Å². The van der Waals surface area contributed by atoms with Crippen LogP contribution in [-0.4, -0.2) is 51.0 Å². The number of aromatic nitrogens is 1. The molecule has 3 heterocycles. The Morgan fingerprint density at radius 1 is 1.36 bits per heavy atom. The van der Waals surface area contributed by atoms with Gasteiger partial charge in [-0.1, -0.05) is 0 Å². The molecule has 1 aromatic rings. The van der Waals surface area contributed by atoms with Gasteiger partial charge in [0.25, 0.3) is 11.8 Å². The molecule has 2 amide bonds. The van der Waals surface area contributed by atoms with Gasteiger partial charge in [0.05, 0.1) is 5.60 Å². The quantitative estimate of drug-likeness (QED) is 0.878. The first-order valence-electron chi connectivity index (χ1n) is 7.64. The van der Waals surface area contributed by atoms with Crippen LogP contribution >= 0.6 is 11.3 Å². The van der Waals surface area contributed by atoms with Crippen molar-refractivity contribution in [2.24, 2.45) is 0 Å². The predicted octanol–water partition coefficient (Wildman–Crippen LogP) is 1.41. The average Bonchev–Trinajstić information content (AvgIpc) is 3.18. The zero-order valence-corrected chi connectivity index (χ0v) is 13.7. The van der Waals surface area contributed by atoms with E-state index in [1.807, 2.05) is 4.90 Å². The predicted molar refractivity (Wildman–Crippen MR) is 83.0 cm³/mol. The van der Waals surface area contributed by atoms with E-state index in [-0.39, 0.29) is 23.4 Å². The minimum atomic E-state index is -0.972. The number of fused-ring (bicyclic) bond motifs is 2. The van der Waals surface area contributed by atoms with Crippen LogP contribution in [0.2, 0.25) is 0 Å². The molecule has 2 bridgehead atoms. The minimum Gasteiger partial charge on any atom is -0.389 e. The molecular weight excluding hydrogens is 302 g/mol. The normalized spacial score (nSPS) is 23.9. The van der Waals surface area contributed by atoms with Crippen LogP contribution in [0.25, 0.3) is 0 Å². The minimum absolute atomic E-state index is 0.0530. The van der Waals surface area contributed by atoms with Crippen LogP contribution < -0.4 is 5.32 Å². The summed E-state index contributed by atoms with van der Waals surface area (Å²) in [6.07, 6.45) is 4.33. The molecule has 120 valence electrons. The second-order valence-corrected chi connectivity index (χ2v) is 7.57. The molecule has 0 radical (unpaired) electrons. The Balaban J connectivity index is 1.66. The highest BCUT2D eigenvalue weighted by molar-refractivity contribution is 7.11. The van der Waals surface area contributed by atoms with Gasteiger partial charge in [-0.25, -0.2) is 4.98 Å². The number of nitrogens with one attached hydrogen (secondary N) is 1. The highest BCUT2D eigenvalue weighted by Crippen LogP contribution is 2.38. The van der Waals surface area contributed by atoms with Crippen molar-refractivity contribution in [1.29, 1.82) is 0 Å². The van der Waals surface area contributed by atoms with Gasteiger partial charge in [0.2, 0.25) is 0 Å². The summed E-state index contributed by atoms with van der Waals surface area (Å²) < 4.78 is 0. The van der Waals surface area contributed by atoms with Gasteiger partial charge in [-0.3, -0.25) is 9.59 Å². The molecule has 0 aromatic carbocycles. The second kappa shape index (κ2) is 5.62. The zero-order valence-electron chi connectivity index (χ0n) is 12.8. The van der Waals surface area contributed by atoms with Crippen molar-refractivity contribution in [2.75, 3.05) is 6.54 Å². The van der Waals surface area contributed by atoms with Crippen LogP contribution in [0.5, 0.6) is 0 Å². The molecule has 1 aromatic heterocycles. The highest BCUT2D eigenvalue weighted by atomic mass is 32.1. The van der Waals surface area contributed by atoms with E-state index in [0.717, 1.165) is 25.7 Å². The van der Waals surface area contributed by atoms with E-state index in [9.17, 15) is 14.7 Å². The summed E-state index contributed by atoms with van der Waals surface area (Å²) >= 11 is 1.17. The average molecular weight is 323 g/mol. The van der Waals surface area contributed by atoms with Gasteiger partial charge in [0, 0.05) is 24.0 Å². The number of aliphatic hydroxyl groups is 1. The number of carbonyl (C=O) groups is 2. The fourth-order valence-electron chi connectivity index (χ4n) is 3.23. The molecule has 0 unspecified atom stereocenters. The number of carbonyl (C=O) groups excluding carboxylic acids is 2. The summed E-state index contributed by atoms with van der Waals surface area (Å²) in [6, 6.07) is 0.707. The largest absolute Gasteiger partial charge is 0.389 e. The number of hydrogen-bond donors (Lipinski definition) is 2. The first-order valence-corrected chi connectivity index (χ1v) is 8.52. The molecule has 22 heavy (non-hydrogen) atoms. The molecule has 7 heteroatoms. The Hall–Kier alpha value is -1.47. The molecule has 2 aliphatic heterocycles. The van der Waals surface area contributed by atoms with Crippen LogP contribution in [0.4, 0.5) is 0 Å². The zero-order chi connectivity index (χ0) is 15.9. The Labute approximate surface area is 133 Å². The summed E-state index contributed by atoms with van der Waals surface area (Å²) in [6.45, 7) is 3.38. The van der Waals surface area contributed by atoms with Gasteiger partial charge in [0.1, 0.15) is 5.69 Å². The molecule has 6 nitrogen and oxygen atoms in total. The van der Waals surface area contributed by atoms with Crippen molar-refractivity contribution in [2.45, 2.75) is 57.2 Å². The van der Waals surface area contributed by atoms with Crippen LogP contribution in [0.15, 0.2) is 5.38 Å². The number of rotatable bonds is 4. The fourth-order valence-corrected chi connectivity index (χ4v) is 3.93. The van der Waals surface area contributed by atoms with E-state index in [2.05, 4.69) is 10.3 Å². The molecule has 2 N–H and O–H groups in total. The monoisotopic (exact) mass is 323 g/mol. The van der Waals surface area contributed by atoms with Crippen molar-refractivity contribution < 1.29 is 14.7 Å². The summed E-state index contributed by atoms with van der Waals surface area (Å²) in [5, 5.41) is 14.2. The van der Waals surface area contributed by atoms with E-state index < -0.39 is 5.60 Å². The lowest BCUT2D eigenvalue weighted by atomic mass is 10.0. The third kappa shape index (κ3) is 3.01. The maximum absolute atomic E-state index is 12.6. The van der Waals surface area contributed by atoms with Gasteiger partial charge in [-0.2, -0.15) is 0 Å². The second-order valence-electron chi connectivity index (χ2n) is 6.71. The van der Waals surface area contributed by atoms with Gasteiger partial charge in [-0.05, 0) is 39.5 Å². The first kappa shape index (κ1) is 15.4. The van der Waals surface area contributed by atoms with Crippen molar-refractivity contribution in [3.8, 4) is 0 Å². The topological polar surface area (TPSA) is 82.5 Å². The third-order valence-corrected chi connectivity index (χ3v) is 5.13. The Morgan fingerprint density at radius 3 is 2.50 bits per heavy atom. The summed E-state index contributed by atoms with van der Waals surface area (Å²) in [4.78, 5) is 30.7. The third-order valence-electron chi connectivity index (χ3n) is 4.29. The standard InChI is InChI=1S/C15H21N3O3S/c1-15(2,21)8-16-12(19)13-17-11(7-22-13)14(20)18-9-3-4-10(18)6-5-9/h7,9-10,21H,3-6,8H2,1-2H3,(H,16,19)/t9-,10-. The smallest absolute Gasteiger partial charge is 0.280 e. The van der Waals surface area contributed by atoms with Crippen molar-refractivity contribution >= 4 is 23.2 Å². The molecule has 2 saturated heterocycles. The molecule has 0 atom stereocenters. The molecular formula is C15H21N3O3S. The van der Waals surface area contributed by atoms with Crippen molar-refractivity contribution in [1.82, 2.24) is 15.2 Å². The van der Waals surface area contributed by atoms with E-state index in [1.54, 1.807) is 19.2 Å². The van der Waals surface area contributed by atoms with Gasteiger partial charge in [0.15, 0.2) is 5.01 Å². The maximum atomic E-state index is 12.6. The van der Waals surface area contributed by atoms with Crippen molar-refractivity contribution in [3.63, 3.8) is 0 Å². The lowest BCUT2D eigenvalue weighted by Gasteiger charge is -2.20. The van der Waals surface area contributed by atoms with Gasteiger partial charge in [-0.15, -0.1) is 11.3 Å². The van der Waals surface area contributed by atoms with Gasteiger partial charge < -0.3 is 15.3 Å². The Morgan fingerprint density at radius 2 is 1.95 bits per heavy atom. The summed E-state index contributed by atoms with van der Waals surface area (Å²) in [7, 11) is 0. The number of thiazole rings is 1. The fraction of sp³-hybridized carbons (Fsp3) is 0.667. The molecule has 0 aliphatic carbocycles. The van der Waals surface area contributed by atoms with E-state index >= 15 is 0 Å². The number of amides is 2. The van der Waals surface area contributed by atoms with Crippen LogP contribution in [0, 0.1) is 0 Å². The van der Waals surface area contributed by atoms with Gasteiger partial charge >= 0.3 is 0 Å². The van der Waals surface area contributed by atoms with E-state index in [0.29, 0.717) is 17.8 Å². The lowest BCUT2D eigenvalue weighted by molar-refractivity contribution is 0.0692.